The molecule has 0 saturated heterocycles. The standard InChI is InChI=1S/C17H22N2O5/c1-24-12-6-3-10(4-7-12)2-5-11-8-19-13(9-20)14(21)15(22)16(23)17(19)18-11/h3-4,6-8,13-16,20-23H,2,5,9H2,1H3/t13-,14-,15+,16-/m1/s1. The van der Waals surface area contributed by atoms with Gasteiger partial charge in [-0.25, -0.2) is 4.98 Å². The van der Waals surface area contributed by atoms with Crippen molar-refractivity contribution in [3.05, 3.63) is 47.5 Å². The summed E-state index contributed by atoms with van der Waals surface area (Å²) in [7, 11) is 1.62. The molecule has 1 aliphatic rings. The van der Waals surface area contributed by atoms with Crippen LogP contribution in [0, 0.1) is 0 Å². The quantitative estimate of drug-likeness (QED) is 0.612. The van der Waals surface area contributed by atoms with Gasteiger partial charge in [-0.15, -0.1) is 0 Å². The molecule has 0 fully saturated rings. The zero-order valence-electron chi connectivity index (χ0n) is 13.4. The molecule has 2 heterocycles. The van der Waals surface area contributed by atoms with E-state index < -0.39 is 24.4 Å². The summed E-state index contributed by atoms with van der Waals surface area (Å²) in [5, 5.41) is 39.4. The van der Waals surface area contributed by atoms with Crippen molar-refractivity contribution >= 4 is 0 Å². The molecule has 1 aromatic carbocycles. The number of aryl methyl sites for hydroxylation is 2. The van der Waals surface area contributed by atoms with Crippen LogP contribution in [0.4, 0.5) is 0 Å². The molecule has 1 aliphatic heterocycles. The average Bonchev–Trinajstić information content (AvgIpc) is 3.03. The Labute approximate surface area is 139 Å². The molecule has 0 bridgehead atoms. The summed E-state index contributed by atoms with van der Waals surface area (Å²) in [4.78, 5) is 4.37. The third kappa shape index (κ3) is 3.03. The molecule has 0 aliphatic carbocycles. The first kappa shape index (κ1) is 16.9. The van der Waals surface area contributed by atoms with E-state index in [0.717, 1.165) is 23.4 Å². The second-order valence-electron chi connectivity index (χ2n) is 6.02. The second-order valence-corrected chi connectivity index (χ2v) is 6.02. The monoisotopic (exact) mass is 334 g/mol. The summed E-state index contributed by atoms with van der Waals surface area (Å²) in [5.41, 5.74) is 1.86. The second kappa shape index (κ2) is 6.90. The van der Waals surface area contributed by atoms with E-state index in [2.05, 4.69) is 4.98 Å². The molecule has 3 rings (SSSR count). The Balaban J connectivity index is 1.76. The van der Waals surface area contributed by atoms with Crippen LogP contribution in [0.25, 0.3) is 0 Å². The number of aliphatic hydroxyl groups excluding tert-OH is 4. The number of benzene rings is 1. The fraction of sp³-hybridized carbons (Fsp3) is 0.471. The van der Waals surface area contributed by atoms with Crippen molar-refractivity contribution in [1.82, 2.24) is 9.55 Å². The fourth-order valence-electron chi connectivity index (χ4n) is 3.06. The van der Waals surface area contributed by atoms with Gasteiger partial charge in [-0.05, 0) is 30.5 Å². The zero-order valence-corrected chi connectivity index (χ0v) is 13.4. The smallest absolute Gasteiger partial charge is 0.141 e. The minimum absolute atomic E-state index is 0.275. The normalized spacial score (nSPS) is 26.2. The van der Waals surface area contributed by atoms with Gasteiger partial charge in [0, 0.05) is 6.20 Å². The lowest BCUT2D eigenvalue weighted by Gasteiger charge is -2.35. The maximum Gasteiger partial charge on any atom is 0.141 e. The lowest BCUT2D eigenvalue weighted by molar-refractivity contribution is -0.108. The van der Waals surface area contributed by atoms with Crippen LogP contribution in [0.3, 0.4) is 0 Å². The lowest BCUT2D eigenvalue weighted by Crippen LogP contribution is -2.46. The van der Waals surface area contributed by atoms with Gasteiger partial charge in [0.2, 0.25) is 0 Å². The van der Waals surface area contributed by atoms with Crippen molar-refractivity contribution in [2.45, 2.75) is 37.2 Å². The number of rotatable bonds is 5. The highest BCUT2D eigenvalue weighted by atomic mass is 16.5. The first-order chi connectivity index (χ1) is 11.5. The topological polar surface area (TPSA) is 108 Å². The van der Waals surface area contributed by atoms with Crippen molar-refractivity contribution in [3.63, 3.8) is 0 Å². The number of ether oxygens (including phenoxy) is 1. The number of methoxy groups -OCH3 is 1. The van der Waals surface area contributed by atoms with Crippen molar-refractivity contribution in [3.8, 4) is 5.75 Å². The van der Waals surface area contributed by atoms with Crippen LogP contribution in [0.5, 0.6) is 5.75 Å². The van der Waals surface area contributed by atoms with Gasteiger partial charge in [0.1, 0.15) is 29.9 Å². The van der Waals surface area contributed by atoms with Gasteiger partial charge in [0.05, 0.1) is 25.5 Å². The van der Waals surface area contributed by atoms with E-state index in [4.69, 9.17) is 4.74 Å². The van der Waals surface area contributed by atoms with Crippen LogP contribution in [0.1, 0.15) is 29.2 Å². The van der Waals surface area contributed by atoms with Crippen molar-refractivity contribution in [2.24, 2.45) is 0 Å². The molecule has 0 unspecified atom stereocenters. The lowest BCUT2D eigenvalue weighted by atomic mass is 9.96. The van der Waals surface area contributed by atoms with E-state index in [1.54, 1.807) is 17.9 Å². The van der Waals surface area contributed by atoms with E-state index in [1.807, 2.05) is 24.3 Å². The number of nitrogens with zero attached hydrogens (tertiary/aromatic N) is 2. The molecule has 7 nitrogen and oxygen atoms in total. The Morgan fingerprint density at radius 1 is 1.08 bits per heavy atom. The summed E-state index contributed by atoms with van der Waals surface area (Å²) < 4.78 is 6.69. The number of hydrogen-bond donors (Lipinski definition) is 4. The fourth-order valence-corrected chi connectivity index (χ4v) is 3.06. The summed E-state index contributed by atoms with van der Waals surface area (Å²) in [6, 6.07) is 7.04. The number of fused-ring (bicyclic) bond motifs is 1. The number of imidazole rings is 1. The van der Waals surface area contributed by atoms with E-state index in [0.29, 0.717) is 6.42 Å². The molecule has 1 aromatic heterocycles. The molecular formula is C17H22N2O5. The third-order valence-corrected chi connectivity index (χ3v) is 4.52. The Kier molecular flexibility index (Phi) is 4.86. The van der Waals surface area contributed by atoms with Gasteiger partial charge >= 0.3 is 0 Å². The highest BCUT2D eigenvalue weighted by Gasteiger charge is 2.41. The largest absolute Gasteiger partial charge is 0.497 e. The maximum absolute atomic E-state index is 10.1. The summed E-state index contributed by atoms with van der Waals surface area (Å²) in [6.45, 7) is -0.341. The third-order valence-electron chi connectivity index (χ3n) is 4.52. The molecule has 0 radical (unpaired) electrons. The number of aliphatic hydroxyl groups is 4. The van der Waals surface area contributed by atoms with E-state index in [9.17, 15) is 20.4 Å². The van der Waals surface area contributed by atoms with E-state index in [-0.39, 0.29) is 12.4 Å². The highest BCUT2D eigenvalue weighted by Crippen LogP contribution is 2.32. The first-order valence-corrected chi connectivity index (χ1v) is 7.90. The molecule has 7 heteroatoms. The molecule has 0 amide bonds. The highest BCUT2D eigenvalue weighted by molar-refractivity contribution is 5.27. The molecule has 0 spiro atoms. The molecule has 24 heavy (non-hydrogen) atoms. The Bertz CT molecular complexity index is 685. The van der Waals surface area contributed by atoms with Gasteiger partial charge in [-0.3, -0.25) is 0 Å². The van der Waals surface area contributed by atoms with Crippen molar-refractivity contribution in [1.29, 1.82) is 0 Å². The summed E-state index contributed by atoms with van der Waals surface area (Å²) in [6.07, 6.45) is -0.738. The average molecular weight is 334 g/mol. The Hall–Kier alpha value is -1.93. The predicted molar refractivity (Wildman–Crippen MR) is 85.7 cm³/mol. The van der Waals surface area contributed by atoms with Gasteiger partial charge in [0.15, 0.2) is 0 Å². The van der Waals surface area contributed by atoms with Gasteiger partial charge in [0.25, 0.3) is 0 Å². The maximum atomic E-state index is 10.1. The SMILES string of the molecule is COc1ccc(CCc2cn3c(n2)[C@H](O)[C@@H](O)[C@H](O)[C@H]3CO)cc1. The zero-order chi connectivity index (χ0) is 17.3. The molecule has 4 N–H and O–H groups in total. The van der Waals surface area contributed by atoms with Gasteiger partial charge < -0.3 is 29.7 Å². The van der Waals surface area contributed by atoms with Crippen LogP contribution >= 0.6 is 0 Å². The molecule has 130 valence electrons. The molecule has 2 aromatic rings. The van der Waals surface area contributed by atoms with Crippen LogP contribution in [-0.4, -0.2) is 55.9 Å². The molecule has 0 saturated carbocycles. The van der Waals surface area contributed by atoms with Crippen LogP contribution in [0.2, 0.25) is 0 Å². The Morgan fingerprint density at radius 3 is 2.42 bits per heavy atom. The van der Waals surface area contributed by atoms with Gasteiger partial charge in [-0.2, -0.15) is 0 Å². The van der Waals surface area contributed by atoms with Crippen LogP contribution in [0.15, 0.2) is 30.5 Å². The first-order valence-electron chi connectivity index (χ1n) is 7.90. The number of hydrogen-bond acceptors (Lipinski definition) is 6. The predicted octanol–water partition coefficient (Wildman–Crippen LogP) is -0.0209. The van der Waals surface area contributed by atoms with Crippen molar-refractivity contribution < 1.29 is 25.2 Å². The molecule has 4 atom stereocenters. The van der Waals surface area contributed by atoms with Crippen LogP contribution in [-0.2, 0) is 12.8 Å². The minimum Gasteiger partial charge on any atom is -0.497 e. The van der Waals surface area contributed by atoms with Crippen LogP contribution < -0.4 is 4.74 Å². The van der Waals surface area contributed by atoms with Gasteiger partial charge in [-0.1, -0.05) is 12.1 Å². The minimum atomic E-state index is -1.36. The van der Waals surface area contributed by atoms with E-state index in [1.165, 1.54) is 0 Å². The Morgan fingerprint density at radius 2 is 1.79 bits per heavy atom. The summed E-state index contributed by atoms with van der Waals surface area (Å²) in [5.74, 6) is 1.07. The summed E-state index contributed by atoms with van der Waals surface area (Å²) >= 11 is 0. The molecular weight excluding hydrogens is 312 g/mol. The van der Waals surface area contributed by atoms with E-state index >= 15 is 0 Å². The number of aromatic nitrogens is 2. The van der Waals surface area contributed by atoms with Crippen molar-refractivity contribution in [2.75, 3.05) is 13.7 Å².